The van der Waals surface area contributed by atoms with Gasteiger partial charge in [-0.2, -0.15) is 0 Å². The van der Waals surface area contributed by atoms with Crippen LogP contribution in [0.5, 0.6) is 0 Å². The number of aromatic amines is 1. The molecule has 3 aromatic rings. The third kappa shape index (κ3) is 4.24. The van der Waals surface area contributed by atoms with E-state index in [1.54, 1.807) is 0 Å². The van der Waals surface area contributed by atoms with Crippen LogP contribution in [0.15, 0.2) is 84.0 Å². The summed E-state index contributed by atoms with van der Waals surface area (Å²) in [5.41, 5.74) is 2.39. The lowest BCUT2D eigenvalue weighted by molar-refractivity contribution is 1.14. The number of H-pyrrole nitrogens is 1. The van der Waals surface area contributed by atoms with Crippen LogP contribution >= 0.6 is 0 Å². The zero-order valence-electron chi connectivity index (χ0n) is 10.4. The van der Waals surface area contributed by atoms with E-state index in [1.165, 1.54) is 29.7 Å². The van der Waals surface area contributed by atoms with Gasteiger partial charge in [0.15, 0.2) is 0 Å². The smallest absolute Gasteiger partial charge is 0.266 e. The Morgan fingerprint density at radius 2 is 1.32 bits per heavy atom. The van der Waals surface area contributed by atoms with E-state index < -0.39 is 0 Å². The van der Waals surface area contributed by atoms with Gasteiger partial charge >= 0.3 is 0 Å². The van der Waals surface area contributed by atoms with Crippen LogP contribution in [0.2, 0.25) is 0 Å². The van der Waals surface area contributed by atoms with E-state index in [0.29, 0.717) is 0 Å². The Kier molecular flexibility index (Phi) is 4.64. The molecular weight excluding hydrogens is 236 g/mol. The van der Waals surface area contributed by atoms with E-state index in [-0.39, 0.29) is 5.56 Å². The van der Waals surface area contributed by atoms with Crippen molar-refractivity contribution in [2.24, 2.45) is 0 Å². The van der Waals surface area contributed by atoms with Crippen LogP contribution in [0.1, 0.15) is 0 Å². The second-order valence-corrected chi connectivity index (χ2v) is 3.83. The number of hydrogen-bond acceptors (Lipinski definition) is 2. The molecule has 0 aliphatic rings. The van der Waals surface area contributed by atoms with Crippen LogP contribution in [0.25, 0.3) is 11.1 Å². The Hall–Kier alpha value is -2.68. The summed E-state index contributed by atoms with van der Waals surface area (Å²) >= 11 is 0. The first kappa shape index (κ1) is 12.8. The summed E-state index contributed by atoms with van der Waals surface area (Å²) in [4.78, 5) is 16.1. The normalized spacial score (nSPS) is 9.26. The maximum atomic E-state index is 10.2. The fourth-order valence-electron chi connectivity index (χ4n) is 1.57. The van der Waals surface area contributed by atoms with Gasteiger partial charge in [-0.25, -0.2) is 0 Å². The summed E-state index contributed by atoms with van der Waals surface area (Å²) in [6, 6.07) is 20.8. The third-order valence-corrected chi connectivity index (χ3v) is 2.46. The molecule has 0 spiro atoms. The van der Waals surface area contributed by atoms with Crippen LogP contribution < -0.4 is 5.56 Å². The van der Waals surface area contributed by atoms with Crippen molar-refractivity contribution >= 4 is 0 Å². The molecule has 94 valence electrons. The van der Waals surface area contributed by atoms with Crippen LogP contribution in [-0.2, 0) is 0 Å². The predicted octanol–water partition coefficient (Wildman–Crippen LogP) is 3.12. The van der Waals surface area contributed by atoms with Gasteiger partial charge in [-0.05, 0) is 11.1 Å². The first-order valence-electron chi connectivity index (χ1n) is 5.95. The van der Waals surface area contributed by atoms with Crippen molar-refractivity contribution in [2.45, 2.75) is 0 Å². The van der Waals surface area contributed by atoms with Crippen molar-refractivity contribution in [2.75, 3.05) is 0 Å². The molecule has 0 fully saturated rings. The topological polar surface area (TPSA) is 45.8 Å². The van der Waals surface area contributed by atoms with Crippen molar-refractivity contribution < 1.29 is 0 Å². The summed E-state index contributed by atoms with van der Waals surface area (Å²) in [5, 5.41) is 0. The number of nitrogens with zero attached hydrogens (tertiary/aromatic N) is 1. The third-order valence-electron chi connectivity index (χ3n) is 2.46. The van der Waals surface area contributed by atoms with Gasteiger partial charge < -0.3 is 4.98 Å². The molecule has 3 nitrogen and oxygen atoms in total. The molecule has 0 bridgehead atoms. The first-order valence-corrected chi connectivity index (χ1v) is 5.95. The number of hydrogen-bond donors (Lipinski definition) is 1. The van der Waals surface area contributed by atoms with E-state index in [1.807, 2.05) is 12.1 Å². The van der Waals surface area contributed by atoms with E-state index in [0.717, 1.165) is 0 Å². The van der Waals surface area contributed by atoms with Crippen LogP contribution in [0, 0.1) is 0 Å². The molecule has 3 rings (SSSR count). The van der Waals surface area contributed by atoms with Gasteiger partial charge in [0.2, 0.25) is 0 Å². The lowest BCUT2D eigenvalue weighted by Crippen LogP contribution is -2.01. The minimum atomic E-state index is -0.164. The van der Waals surface area contributed by atoms with Crippen molar-refractivity contribution in [1.82, 2.24) is 9.97 Å². The fourth-order valence-corrected chi connectivity index (χ4v) is 1.57. The van der Waals surface area contributed by atoms with Crippen LogP contribution in [-0.4, -0.2) is 9.97 Å². The zero-order valence-corrected chi connectivity index (χ0v) is 10.4. The summed E-state index contributed by atoms with van der Waals surface area (Å²) in [7, 11) is 0. The lowest BCUT2D eigenvalue weighted by atomic mass is 10.1. The summed E-state index contributed by atoms with van der Waals surface area (Å²) in [5.74, 6) is 0. The monoisotopic (exact) mass is 250 g/mol. The highest BCUT2D eigenvalue weighted by atomic mass is 16.1. The molecule has 0 amide bonds. The molecule has 0 radical (unpaired) electrons. The fraction of sp³-hybridized carbons (Fsp3) is 0. The Morgan fingerprint density at radius 3 is 1.63 bits per heavy atom. The quantitative estimate of drug-likeness (QED) is 0.721. The van der Waals surface area contributed by atoms with E-state index in [2.05, 4.69) is 58.5 Å². The first-order chi connectivity index (χ1) is 9.36. The molecule has 2 aromatic carbocycles. The van der Waals surface area contributed by atoms with Crippen molar-refractivity contribution in [3.8, 4) is 11.1 Å². The van der Waals surface area contributed by atoms with Gasteiger partial charge in [0.1, 0.15) is 0 Å². The number of rotatable bonds is 1. The molecule has 0 aliphatic heterocycles. The highest BCUT2D eigenvalue weighted by molar-refractivity contribution is 5.62. The number of benzene rings is 2. The molecule has 1 N–H and O–H groups in total. The molecule has 0 saturated heterocycles. The van der Waals surface area contributed by atoms with E-state index in [9.17, 15) is 4.79 Å². The highest BCUT2D eigenvalue weighted by Gasteiger charge is 1.91. The standard InChI is InChI=1S/C12H10.C4H4N2O/c1-3-7-11(8-4-1)12-9-5-2-6-10-12;7-4-3-5-1-2-6-4/h1-10H;1-3H,(H,6,7). The summed E-state index contributed by atoms with van der Waals surface area (Å²) < 4.78 is 0. The highest BCUT2D eigenvalue weighted by Crippen LogP contribution is 2.17. The van der Waals surface area contributed by atoms with Gasteiger partial charge in [-0.1, -0.05) is 60.7 Å². The molecular formula is C16H14N2O. The van der Waals surface area contributed by atoms with Crippen molar-refractivity contribution in [3.63, 3.8) is 0 Å². The lowest BCUT2D eigenvalue weighted by Gasteiger charge is -1.98. The van der Waals surface area contributed by atoms with Crippen molar-refractivity contribution in [3.05, 3.63) is 89.6 Å². The van der Waals surface area contributed by atoms with E-state index in [4.69, 9.17) is 0 Å². The Balaban J connectivity index is 0.000000163. The molecule has 0 saturated carbocycles. The Morgan fingerprint density at radius 1 is 0.789 bits per heavy atom. The molecule has 3 heteroatoms. The second-order valence-electron chi connectivity index (χ2n) is 3.83. The molecule has 1 aromatic heterocycles. The molecule has 1 heterocycles. The maximum absolute atomic E-state index is 10.2. The number of aromatic nitrogens is 2. The van der Waals surface area contributed by atoms with Crippen LogP contribution in [0.3, 0.4) is 0 Å². The SMILES string of the molecule is O=c1cncc[nH]1.c1ccc(-c2ccccc2)cc1. The minimum absolute atomic E-state index is 0.164. The van der Waals surface area contributed by atoms with Gasteiger partial charge in [-0.15, -0.1) is 0 Å². The predicted molar refractivity (Wildman–Crippen MR) is 76.7 cm³/mol. The van der Waals surface area contributed by atoms with Gasteiger partial charge in [0.05, 0.1) is 6.20 Å². The molecule has 19 heavy (non-hydrogen) atoms. The number of nitrogens with one attached hydrogen (secondary N) is 1. The molecule has 0 unspecified atom stereocenters. The maximum Gasteiger partial charge on any atom is 0.266 e. The van der Waals surface area contributed by atoms with Gasteiger partial charge in [0, 0.05) is 12.4 Å². The second kappa shape index (κ2) is 6.91. The summed E-state index contributed by atoms with van der Waals surface area (Å²) in [6.45, 7) is 0. The average molecular weight is 250 g/mol. The Bertz CT molecular complexity index is 593. The minimum Gasteiger partial charge on any atom is -0.326 e. The van der Waals surface area contributed by atoms with E-state index >= 15 is 0 Å². The van der Waals surface area contributed by atoms with Gasteiger partial charge in [-0.3, -0.25) is 9.78 Å². The van der Waals surface area contributed by atoms with Crippen molar-refractivity contribution in [1.29, 1.82) is 0 Å². The summed E-state index contributed by atoms with van der Waals surface area (Å²) in [6.07, 6.45) is 4.23. The van der Waals surface area contributed by atoms with Crippen LogP contribution in [0.4, 0.5) is 0 Å². The largest absolute Gasteiger partial charge is 0.326 e. The Labute approximate surface area is 111 Å². The average Bonchev–Trinajstić information content (AvgIpc) is 2.51. The zero-order chi connectivity index (χ0) is 13.3. The molecule has 0 atom stereocenters. The van der Waals surface area contributed by atoms with Gasteiger partial charge in [0.25, 0.3) is 5.56 Å². The molecule has 0 aliphatic carbocycles.